The molecule has 1 aromatic carbocycles. The molecule has 2 N–H and O–H groups in total. The number of carbonyl (C=O) groups is 2. The van der Waals surface area contributed by atoms with E-state index in [1.165, 1.54) is 6.92 Å². The van der Waals surface area contributed by atoms with Gasteiger partial charge in [-0.15, -0.1) is 0 Å². The van der Waals surface area contributed by atoms with E-state index in [1.54, 1.807) is 41.6 Å². The summed E-state index contributed by atoms with van der Waals surface area (Å²) in [5.74, 6) is 0.323. The predicted octanol–water partition coefficient (Wildman–Crippen LogP) is 2.47. The number of anilines is 1. The van der Waals surface area contributed by atoms with E-state index in [0.29, 0.717) is 11.5 Å². The van der Waals surface area contributed by atoms with Crippen molar-refractivity contribution in [1.29, 1.82) is 0 Å². The Morgan fingerprint density at radius 3 is 2.58 bits per heavy atom. The summed E-state index contributed by atoms with van der Waals surface area (Å²) in [7, 11) is 0. The molecule has 0 radical (unpaired) electrons. The summed E-state index contributed by atoms with van der Waals surface area (Å²) in [5.41, 5.74) is 1.47. The Hall–Kier alpha value is -3.48. The van der Waals surface area contributed by atoms with Crippen molar-refractivity contribution < 1.29 is 9.59 Å². The second kappa shape index (κ2) is 8.06. The number of hydrogen-bond acceptors (Lipinski definition) is 4. The topological polar surface area (TPSA) is 88.9 Å². The molecule has 0 aliphatic heterocycles. The fourth-order valence-corrected chi connectivity index (χ4v) is 2.59. The molecular formula is C19H19N5O2. The number of amides is 2. The van der Waals surface area contributed by atoms with Crippen molar-refractivity contribution in [3.05, 3.63) is 72.9 Å². The lowest BCUT2D eigenvalue weighted by Gasteiger charge is -2.18. The Bertz CT molecular complexity index is 861. The summed E-state index contributed by atoms with van der Waals surface area (Å²) < 4.78 is 1.77. The minimum atomic E-state index is -0.383. The molecule has 0 bridgehead atoms. The van der Waals surface area contributed by atoms with E-state index in [-0.39, 0.29) is 24.3 Å². The van der Waals surface area contributed by atoms with Gasteiger partial charge < -0.3 is 10.6 Å². The molecule has 0 saturated heterocycles. The van der Waals surface area contributed by atoms with Crippen molar-refractivity contribution in [2.24, 2.45) is 0 Å². The maximum atomic E-state index is 12.4. The maximum absolute atomic E-state index is 12.4. The van der Waals surface area contributed by atoms with Crippen molar-refractivity contribution in [2.75, 3.05) is 5.32 Å². The normalized spacial score (nSPS) is 11.6. The van der Waals surface area contributed by atoms with Crippen LogP contribution in [0.5, 0.6) is 0 Å². The van der Waals surface area contributed by atoms with Crippen LogP contribution in [-0.4, -0.2) is 26.3 Å². The molecule has 3 rings (SSSR count). The van der Waals surface area contributed by atoms with E-state index in [2.05, 4.69) is 20.6 Å². The highest BCUT2D eigenvalue weighted by Crippen LogP contribution is 2.18. The third kappa shape index (κ3) is 4.54. The lowest BCUT2D eigenvalue weighted by Crippen LogP contribution is -2.29. The lowest BCUT2D eigenvalue weighted by atomic mass is 10.0. The van der Waals surface area contributed by atoms with Crippen molar-refractivity contribution in [3.63, 3.8) is 0 Å². The van der Waals surface area contributed by atoms with Crippen LogP contribution in [0, 0.1) is 0 Å². The van der Waals surface area contributed by atoms with Crippen LogP contribution in [0.3, 0.4) is 0 Å². The molecule has 2 heterocycles. The van der Waals surface area contributed by atoms with Crippen LogP contribution in [0.25, 0.3) is 5.82 Å². The second-order valence-electron chi connectivity index (χ2n) is 5.79. The molecule has 7 heteroatoms. The zero-order valence-corrected chi connectivity index (χ0v) is 14.3. The lowest BCUT2D eigenvalue weighted by molar-refractivity contribution is -0.120. The molecule has 0 spiro atoms. The SMILES string of the molecule is CC(=O)NC(CC(=O)Nc1ccc(-n2ccnc2)nc1)c1ccccc1. The van der Waals surface area contributed by atoms with Gasteiger partial charge in [0.25, 0.3) is 0 Å². The Kier molecular flexibility index (Phi) is 5.38. The number of hydrogen-bond donors (Lipinski definition) is 2. The summed E-state index contributed by atoms with van der Waals surface area (Å²) in [6, 6.07) is 12.6. The minimum Gasteiger partial charge on any atom is -0.349 e. The highest BCUT2D eigenvalue weighted by molar-refractivity contribution is 5.91. The number of pyridine rings is 1. The highest BCUT2D eigenvalue weighted by atomic mass is 16.2. The fraction of sp³-hybridized carbons (Fsp3) is 0.158. The van der Waals surface area contributed by atoms with Gasteiger partial charge in [-0.1, -0.05) is 30.3 Å². The van der Waals surface area contributed by atoms with Gasteiger partial charge in [0.05, 0.1) is 24.3 Å². The Balaban J connectivity index is 1.65. The van der Waals surface area contributed by atoms with Crippen LogP contribution in [0.4, 0.5) is 5.69 Å². The Morgan fingerprint density at radius 1 is 1.15 bits per heavy atom. The maximum Gasteiger partial charge on any atom is 0.226 e. The van der Waals surface area contributed by atoms with Crippen LogP contribution >= 0.6 is 0 Å². The predicted molar refractivity (Wildman–Crippen MR) is 97.6 cm³/mol. The third-order valence-electron chi connectivity index (χ3n) is 3.77. The van der Waals surface area contributed by atoms with Crippen molar-refractivity contribution in [2.45, 2.75) is 19.4 Å². The molecule has 2 aromatic heterocycles. The van der Waals surface area contributed by atoms with Crippen LogP contribution in [0.2, 0.25) is 0 Å². The van der Waals surface area contributed by atoms with Gasteiger partial charge in [-0.2, -0.15) is 0 Å². The van der Waals surface area contributed by atoms with E-state index in [0.717, 1.165) is 5.56 Å². The summed E-state index contributed by atoms with van der Waals surface area (Å²) in [6.45, 7) is 1.44. The molecule has 0 aliphatic rings. The number of rotatable bonds is 6. The first kappa shape index (κ1) is 17.3. The van der Waals surface area contributed by atoms with E-state index >= 15 is 0 Å². The molecular weight excluding hydrogens is 330 g/mol. The first-order valence-electron chi connectivity index (χ1n) is 8.18. The van der Waals surface area contributed by atoms with E-state index in [4.69, 9.17) is 0 Å². The van der Waals surface area contributed by atoms with E-state index in [1.807, 2.05) is 30.3 Å². The molecule has 3 aromatic rings. The minimum absolute atomic E-state index is 0.132. The quantitative estimate of drug-likeness (QED) is 0.715. The van der Waals surface area contributed by atoms with Gasteiger partial charge in [0.15, 0.2) is 0 Å². The molecule has 1 atom stereocenters. The van der Waals surface area contributed by atoms with Gasteiger partial charge in [-0.3, -0.25) is 14.2 Å². The number of nitrogens with one attached hydrogen (secondary N) is 2. The second-order valence-corrected chi connectivity index (χ2v) is 5.79. The number of aromatic nitrogens is 3. The summed E-state index contributed by atoms with van der Waals surface area (Å²) in [6.07, 6.45) is 6.83. The van der Waals surface area contributed by atoms with Gasteiger partial charge in [-0.25, -0.2) is 9.97 Å². The van der Waals surface area contributed by atoms with Gasteiger partial charge >= 0.3 is 0 Å². The molecule has 1 unspecified atom stereocenters. The summed E-state index contributed by atoms with van der Waals surface area (Å²) in [4.78, 5) is 32.1. The van der Waals surface area contributed by atoms with Crippen molar-refractivity contribution >= 4 is 17.5 Å². The average molecular weight is 349 g/mol. The first-order valence-corrected chi connectivity index (χ1v) is 8.18. The van der Waals surface area contributed by atoms with E-state index in [9.17, 15) is 9.59 Å². The fourth-order valence-electron chi connectivity index (χ4n) is 2.59. The van der Waals surface area contributed by atoms with Crippen molar-refractivity contribution in [1.82, 2.24) is 19.9 Å². The third-order valence-corrected chi connectivity index (χ3v) is 3.77. The Labute approximate surface area is 151 Å². The van der Waals surface area contributed by atoms with Crippen LogP contribution in [-0.2, 0) is 9.59 Å². The molecule has 7 nitrogen and oxygen atoms in total. The van der Waals surface area contributed by atoms with Crippen molar-refractivity contribution in [3.8, 4) is 5.82 Å². The summed E-state index contributed by atoms with van der Waals surface area (Å²) in [5, 5.41) is 5.63. The number of carbonyl (C=O) groups excluding carboxylic acids is 2. The average Bonchev–Trinajstić information content (AvgIpc) is 3.17. The molecule has 26 heavy (non-hydrogen) atoms. The standard InChI is InChI=1S/C19H19N5O2/c1-14(25)22-17(15-5-3-2-4-6-15)11-19(26)23-16-7-8-18(21-12-16)24-10-9-20-13-24/h2-10,12-13,17H,11H2,1H3,(H,22,25)(H,23,26). The van der Waals surface area contributed by atoms with Gasteiger partial charge in [-0.05, 0) is 17.7 Å². The number of benzene rings is 1. The van der Waals surface area contributed by atoms with Gasteiger partial charge in [0.2, 0.25) is 11.8 Å². The zero-order valence-electron chi connectivity index (χ0n) is 14.3. The number of imidazole rings is 1. The molecule has 2 amide bonds. The Morgan fingerprint density at radius 2 is 1.96 bits per heavy atom. The smallest absolute Gasteiger partial charge is 0.226 e. The van der Waals surface area contributed by atoms with Crippen LogP contribution in [0.1, 0.15) is 24.9 Å². The highest BCUT2D eigenvalue weighted by Gasteiger charge is 2.17. The molecule has 0 fully saturated rings. The largest absolute Gasteiger partial charge is 0.349 e. The molecule has 0 aliphatic carbocycles. The van der Waals surface area contributed by atoms with Crippen LogP contribution in [0.15, 0.2) is 67.4 Å². The van der Waals surface area contributed by atoms with Crippen LogP contribution < -0.4 is 10.6 Å². The molecule has 132 valence electrons. The zero-order chi connectivity index (χ0) is 18.4. The number of nitrogens with zero attached hydrogens (tertiary/aromatic N) is 3. The molecule has 0 saturated carbocycles. The van der Waals surface area contributed by atoms with E-state index < -0.39 is 0 Å². The first-order chi connectivity index (χ1) is 12.6. The summed E-state index contributed by atoms with van der Waals surface area (Å²) >= 11 is 0. The van der Waals surface area contributed by atoms with Gasteiger partial charge in [0.1, 0.15) is 12.1 Å². The monoisotopic (exact) mass is 349 g/mol. The van der Waals surface area contributed by atoms with Gasteiger partial charge in [0, 0.05) is 19.3 Å².